The zero-order valence-electron chi connectivity index (χ0n) is 23.2. The minimum atomic E-state index is -0.643. The maximum Gasteiger partial charge on any atom is 0.355 e. The molecule has 0 bridgehead atoms. The zero-order chi connectivity index (χ0) is 29.4. The standard InChI is InChI=1S/C30H31ClFN7O2/c1-5-8-19-10-7-9-17(3)27(19)39-29-20(15-21(31)25(35-29)26-22(32)11-12-23(33)34-26)28(36-30(39)41)38-14-13-37(16-18(38)4)24(40)6-2/h6-7,9-12,15,18H,2,5,8,13-14,16H2,1,3-4H3,(H2,33,34)/t18-/m0/s1. The van der Waals surface area contributed by atoms with Gasteiger partial charge < -0.3 is 15.5 Å². The third kappa shape index (κ3) is 5.15. The molecule has 0 radical (unpaired) electrons. The Hall–Kier alpha value is -4.31. The second-order valence-electron chi connectivity index (χ2n) is 10.2. The number of fused-ring (bicyclic) bond motifs is 1. The van der Waals surface area contributed by atoms with E-state index in [2.05, 4.69) is 23.5 Å². The van der Waals surface area contributed by atoms with Crippen molar-refractivity contribution in [1.29, 1.82) is 0 Å². The van der Waals surface area contributed by atoms with Gasteiger partial charge in [0.05, 0.1) is 16.1 Å². The molecular formula is C30H31ClFN7O2. The Morgan fingerprint density at radius 2 is 1.98 bits per heavy atom. The maximum atomic E-state index is 15.0. The van der Waals surface area contributed by atoms with Crippen molar-refractivity contribution in [3.63, 3.8) is 0 Å². The van der Waals surface area contributed by atoms with E-state index in [1.807, 2.05) is 36.9 Å². The van der Waals surface area contributed by atoms with Gasteiger partial charge in [-0.2, -0.15) is 4.98 Å². The van der Waals surface area contributed by atoms with Crippen LogP contribution in [0.4, 0.5) is 16.0 Å². The summed E-state index contributed by atoms with van der Waals surface area (Å²) in [4.78, 5) is 43.4. The topological polar surface area (TPSA) is 110 Å². The Bertz CT molecular complexity index is 1740. The second-order valence-corrected chi connectivity index (χ2v) is 10.6. The molecule has 1 fully saturated rings. The fraction of sp³-hybridized carbons (Fsp3) is 0.300. The number of nitrogens with zero attached hydrogens (tertiary/aromatic N) is 6. The number of anilines is 2. The molecule has 212 valence electrons. The van der Waals surface area contributed by atoms with E-state index in [1.165, 1.54) is 22.8 Å². The fourth-order valence-corrected chi connectivity index (χ4v) is 5.67. The van der Waals surface area contributed by atoms with Gasteiger partial charge in [-0.1, -0.05) is 49.7 Å². The molecule has 0 spiro atoms. The first kappa shape index (κ1) is 28.2. The lowest BCUT2D eigenvalue weighted by Crippen LogP contribution is -2.54. The van der Waals surface area contributed by atoms with Crippen molar-refractivity contribution in [2.45, 2.75) is 39.7 Å². The number of hydrogen-bond acceptors (Lipinski definition) is 7. The summed E-state index contributed by atoms with van der Waals surface area (Å²) in [5, 5.41) is 0.651. The van der Waals surface area contributed by atoms with Gasteiger partial charge in [-0.15, -0.1) is 0 Å². The van der Waals surface area contributed by atoms with Crippen LogP contribution in [0.15, 0.2) is 53.8 Å². The Morgan fingerprint density at radius 3 is 2.68 bits per heavy atom. The molecule has 2 N–H and O–H groups in total. The molecular weight excluding hydrogens is 545 g/mol. The molecule has 1 aliphatic heterocycles. The minimum absolute atomic E-state index is 0.0642. The van der Waals surface area contributed by atoms with E-state index < -0.39 is 11.5 Å². The summed E-state index contributed by atoms with van der Waals surface area (Å²) >= 11 is 6.74. The number of hydrogen-bond donors (Lipinski definition) is 1. The quantitative estimate of drug-likeness (QED) is 0.332. The number of benzene rings is 1. The van der Waals surface area contributed by atoms with Crippen molar-refractivity contribution in [2.75, 3.05) is 30.3 Å². The van der Waals surface area contributed by atoms with Crippen molar-refractivity contribution in [1.82, 2.24) is 24.4 Å². The van der Waals surface area contributed by atoms with E-state index in [9.17, 15) is 14.0 Å². The zero-order valence-corrected chi connectivity index (χ0v) is 24.0. The third-order valence-corrected chi connectivity index (χ3v) is 7.63. The van der Waals surface area contributed by atoms with Crippen molar-refractivity contribution in [2.24, 2.45) is 0 Å². The van der Waals surface area contributed by atoms with Crippen LogP contribution in [-0.2, 0) is 11.2 Å². The maximum absolute atomic E-state index is 15.0. The van der Waals surface area contributed by atoms with Crippen LogP contribution in [-0.4, -0.2) is 56.0 Å². The van der Waals surface area contributed by atoms with Crippen LogP contribution in [0.25, 0.3) is 28.1 Å². The number of piperazine rings is 1. The lowest BCUT2D eigenvalue weighted by molar-refractivity contribution is -0.126. The molecule has 4 heterocycles. The van der Waals surface area contributed by atoms with Gasteiger partial charge in [0.25, 0.3) is 0 Å². The van der Waals surface area contributed by atoms with Gasteiger partial charge in [-0.3, -0.25) is 4.79 Å². The van der Waals surface area contributed by atoms with Gasteiger partial charge in [0, 0.05) is 25.7 Å². The molecule has 3 aromatic heterocycles. The van der Waals surface area contributed by atoms with Crippen molar-refractivity contribution >= 4 is 40.2 Å². The number of amides is 1. The lowest BCUT2D eigenvalue weighted by atomic mass is 10.0. The Kier molecular flexibility index (Phi) is 7.77. The number of rotatable bonds is 6. The summed E-state index contributed by atoms with van der Waals surface area (Å²) in [5.74, 6) is -0.293. The molecule has 0 saturated carbocycles. The van der Waals surface area contributed by atoms with Gasteiger partial charge in [0.2, 0.25) is 5.91 Å². The summed E-state index contributed by atoms with van der Waals surface area (Å²) < 4.78 is 16.5. The van der Waals surface area contributed by atoms with Crippen LogP contribution in [0, 0.1) is 12.7 Å². The van der Waals surface area contributed by atoms with E-state index >= 15 is 0 Å². The highest BCUT2D eigenvalue weighted by Crippen LogP contribution is 2.35. The average Bonchev–Trinajstić information content (AvgIpc) is 2.94. The van der Waals surface area contributed by atoms with Gasteiger partial charge in [-0.25, -0.2) is 23.7 Å². The molecule has 5 rings (SSSR count). The number of pyridine rings is 2. The van der Waals surface area contributed by atoms with Gasteiger partial charge >= 0.3 is 5.69 Å². The van der Waals surface area contributed by atoms with Crippen LogP contribution in [0.2, 0.25) is 5.02 Å². The SMILES string of the molecule is C=CC(=O)N1CCN(c2nc(=O)n(-c3c(C)cccc3CCC)c3nc(-c4nc(N)ccc4F)c(Cl)cc23)[C@@H](C)C1. The summed E-state index contributed by atoms with van der Waals surface area (Å²) in [7, 11) is 0. The summed E-state index contributed by atoms with van der Waals surface area (Å²) in [6, 6.07) is 9.89. The molecule has 0 unspecified atom stereocenters. The van der Waals surface area contributed by atoms with Crippen LogP contribution < -0.4 is 16.3 Å². The molecule has 11 heteroatoms. The molecule has 1 atom stereocenters. The first-order valence-corrected chi connectivity index (χ1v) is 13.8. The Balaban J connectivity index is 1.81. The van der Waals surface area contributed by atoms with E-state index in [0.717, 1.165) is 24.0 Å². The van der Waals surface area contributed by atoms with E-state index in [-0.39, 0.29) is 39.8 Å². The first-order valence-electron chi connectivity index (χ1n) is 13.5. The average molecular weight is 576 g/mol. The number of halogens is 2. The summed E-state index contributed by atoms with van der Waals surface area (Å²) in [5.41, 5.74) is 8.07. The highest BCUT2D eigenvalue weighted by molar-refractivity contribution is 6.33. The number of aromatic nitrogens is 4. The molecule has 4 aromatic rings. The van der Waals surface area contributed by atoms with Crippen molar-refractivity contribution in [3.05, 3.63) is 81.5 Å². The van der Waals surface area contributed by atoms with Gasteiger partial charge in [0.1, 0.15) is 23.0 Å². The number of para-hydroxylation sites is 1. The van der Waals surface area contributed by atoms with E-state index in [1.54, 1.807) is 11.0 Å². The monoisotopic (exact) mass is 575 g/mol. The Labute approximate surface area is 242 Å². The van der Waals surface area contributed by atoms with Crippen LogP contribution in [0.5, 0.6) is 0 Å². The molecule has 1 aliphatic rings. The minimum Gasteiger partial charge on any atom is -0.384 e. The van der Waals surface area contributed by atoms with Crippen LogP contribution in [0.3, 0.4) is 0 Å². The van der Waals surface area contributed by atoms with Crippen molar-refractivity contribution < 1.29 is 9.18 Å². The van der Waals surface area contributed by atoms with E-state index in [4.69, 9.17) is 22.3 Å². The second kappa shape index (κ2) is 11.3. The smallest absolute Gasteiger partial charge is 0.355 e. The van der Waals surface area contributed by atoms with Crippen molar-refractivity contribution in [3.8, 4) is 17.1 Å². The molecule has 9 nitrogen and oxygen atoms in total. The highest BCUT2D eigenvalue weighted by Gasteiger charge is 2.30. The normalized spacial score (nSPS) is 15.4. The fourth-order valence-electron chi connectivity index (χ4n) is 5.43. The van der Waals surface area contributed by atoms with Crippen LogP contribution >= 0.6 is 11.6 Å². The molecule has 1 saturated heterocycles. The van der Waals surface area contributed by atoms with Gasteiger partial charge in [-0.05, 0) is 55.7 Å². The van der Waals surface area contributed by atoms with Crippen LogP contribution in [0.1, 0.15) is 31.4 Å². The Morgan fingerprint density at radius 1 is 1.20 bits per heavy atom. The third-order valence-electron chi connectivity index (χ3n) is 7.34. The van der Waals surface area contributed by atoms with Gasteiger partial charge in [0.15, 0.2) is 11.5 Å². The number of nitrogen functional groups attached to an aromatic ring is 1. The summed E-state index contributed by atoms with van der Waals surface area (Å²) in [6.07, 6.45) is 2.89. The molecule has 41 heavy (non-hydrogen) atoms. The number of aryl methyl sites for hydroxylation is 2. The number of carbonyl (C=O) groups is 1. The number of nitrogens with two attached hydrogens (primary N) is 1. The van der Waals surface area contributed by atoms with E-state index in [0.29, 0.717) is 36.5 Å². The highest BCUT2D eigenvalue weighted by atomic mass is 35.5. The largest absolute Gasteiger partial charge is 0.384 e. The lowest BCUT2D eigenvalue weighted by Gasteiger charge is -2.40. The molecule has 1 aromatic carbocycles. The molecule has 1 amide bonds. The first-order chi connectivity index (χ1) is 19.6. The number of carbonyl (C=O) groups excluding carboxylic acids is 1. The predicted molar refractivity (Wildman–Crippen MR) is 160 cm³/mol. The predicted octanol–water partition coefficient (Wildman–Crippen LogP) is 4.70. The summed E-state index contributed by atoms with van der Waals surface area (Å²) in [6.45, 7) is 10.8. The molecule has 0 aliphatic carbocycles.